The van der Waals surface area contributed by atoms with E-state index >= 15 is 0 Å². The number of carbonyl (C=O) groups excluding carboxylic acids is 1. The highest BCUT2D eigenvalue weighted by Crippen LogP contribution is 2.25. The highest BCUT2D eigenvalue weighted by molar-refractivity contribution is 14.0. The Morgan fingerprint density at radius 1 is 1.23 bits per heavy atom. The lowest BCUT2D eigenvalue weighted by Gasteiger charge is -2.39. The van der Waals surface area contributed by atoms with E-state index in [0.29, 0.717) is 51.8 Å². The second kappa shape index (κ2) is 11.0. The summed E-state index contributed by atoms with van der Waals surface area (Å²) in [5, 5.41) is 5.22. The third kappa shape index (κ3) is 6.22. The van der Waals surface area contributed by atoms with Gasteiger partial charge in [0.25, 0.3) is 0 Å². The van der Waals surface area contributed by atoms with Gasteiger partial charge in [0.1, 0.15) is 12.6 Å². The number of nitrogens with zero attached hydrogens (tertiary/aromatic N) is 4. The molecule has 30 heavy (non-hydrogen) atoms. The zero-order chi connectivity index (χ0) is 21.0. The van der Waals surface area contributed by atoms with Gasteiger partial charge in [0.2, 0.25) is 5.91 Å². The van der Waals surface area contributed by atoms with E-state index in [1.54, 1.807) is 11.3 Å². The molecular weight excluding hydrogens is 530 g/mol. The second-order valence-corrected chi connectivity index (χ2v) is 8.35. The van der Waals surface area contributed by atoms with Crippen LogP contribution < -0.4 is 5.32 Å². The number of amides is 1. The van der Waals surface area contributed by atoms with Crippen LogP contribution in [0.1, 0.15) is 24.3 Å². The number of nitrogens with one attached hydrogen (secondary N) is 1. The average Bonchev–Trinajstić information content (AvgIpc) is 3.17. The first-order valence-corrected chi connectivity index (χ1v) is 10.8. The van der Waals surface area contributed by atoms with Gasteiger partial charge in [-0.2, -0.15) is 13.2 Å². The first-order chi connectivity index (χ1) is 13.8. The minimum Gasteiger partial charge on any atom is -0.357 e. The fourth-order valence-electron chi connectivity index (χ4n) is 3.66. The SMILES string of the molecule is CCNC(=NCC(=O)N1CCc2sccc2C1)N1CCN(C(C)C(F)(F)F)CC1.I. The monoisotopic (exact) mass is 559 g/mol. The van der Waals surface area contributed by atoms with Gasteiger partial charge in [-0.3, -0.25) is 9.69 Å². The predicted molar refractivity (Wildman–Crippen MR) is 123 cm³/mol. The van der Waals surface area contributed by atoms with E-state index in [2.05, 4.69) is 21.8 Å². The number of rotatable bonds is 4. The maximum Gasteiger partial charge on any atom is 0.403 e. The molecule has 0 radical (unpaired) electrons. The van der Waals surface area contributed by atoms with Crippen molar-refractivity contribution in [2.75, 3.05) is 45.8 Å². The largest absolute Gasteiger partial charge is 0.403 e. The maximum atomic E-state index is 12.9. The molecule has 1 aromatic rings. The van der Waals surface area contributed by atoms with Crippen LogP contribution >= 0.6 is 35.3 Å². The third-order valence-corrected chi connectivity index (χ3v) is 6.52. The van der Waals surface area contributed by atoms with E-state index in [9.17, 15) is 18.0 Å². The van der Waals surface area contributed by atoms with Crippen molar-refractivity contribution in [3.05, 3.63) is 21.9 Å². The van der Waals surface area contributed by atoms with E-state index in [4.69, 9.17) is 0 Å². The van der Waals surface area contributed by atoms with Crippen molar-refractivity contribution >= 4 is 47.2 Å². The summed E-state index contributed by atoms with van der Waals surface area (Å²) in [6, 6.07) is 0.612. The molecule has 170 valence electrons. The van der Waals surface area contributed by atoms with Gasteiger partial charge in [0.05, 0.1) is 0 Å². The molecule has 0 bridgehead atoms. The standard InChI is InChI=1S/C19H28F3N5OS.HI/c1-3-23-18(26-9-7-25(8-10-26)14(2)19(20,21)22)24-12-17(28)27-6-4-16-15(13-27)5-11-29-16;/h5,11,14H,3-4,6-10,12-13H2,1-2H3,(H,23,24);1H. The van der Waals surface area contributed by atoms with Crippen molar-refractivity contribution in [2.24, 2.45) is 4.99 Å². The van der Waals surface area contributed by atoms with Crippen LogP contribution in [0, 0.1) is 0 Å². The van der Waals surface area contributed by atoms with Crippen molar-refractivity contribution in [3.63, 3.8) is 0 Å². The molecule has 11 heteroatoms. The molecular formula is C19H29F3IN5OS. The number of carbonyl (C=O) groups is 1. The molecule has 0 saturated carbocycles. The highest BCUT2D eigenvalue weighted by atomic mass is 127. The molecule has 3 rings (SSSR count). The molecule has 1 N–H and O–H groups in total. The fourth-order valence-corrected chi connectivity index (χ4v) is 4.55. The number of thiophene rings is 1. The molecule has 0 aromatic carbocycles. The Balaban J connectivity index is 0.00000320. The summed E-state index contributed by atoms with van der Waals surface area (Å²) in [5.41, 5.74) is 1.21. The van der Waals surface area contributed by atoms with Crippen molar-refractivity contribution in [3.8, 4) is 0 Å². The quantitative estimate of drug-likeness (QED) is 0.351. The summed E-state index contributed by atoms with van der Waals surface area (Å²) in [7, 11) is 0. The van der Waals surface area contributed by atoms with Crippen LogP contribution in [0.15, 0.2) is 16.4 Å². The first kappa shape index (κ1) is 25.2. The summed E-state index contributed by atoms with van der Waals surface area (Å²) in [6.07, 6.45) is -3.34. The molecule has 6 nitrogen and oxygen atoms in total. The summed E-state index contributed by atoms with van der Waals surface area (Å²) >= 11 is 1.73. The van der Waals surface area contributed by atoms with Crippen LogP contribution in [0.5, 0.6) is 0 Å². The van der Waals surface area contributed by atoms with Crippen LogP contribution in [-0.2, 0) is 17.8 Å². The summed E-state index contributed by atoms with van der Waals surface area (Å²) in [4.78, 5) is 23.6. The summed E-state index contributed by atoms with van der Waals surface area (Å²) in [6.45, 7) is 6.65. The number of aliphatic imine (C=N–C) groups is 1. The van der Waals surface area contributed by atoms with Crippen LogP contribution in [0.2, 0.25) is 0 Å². The van der Waals surface area contributed by atoms with Gasteiger partial charge in [-0.15, -0.1) is 35.3 Å². The van der Waals surface area contributed by atoms with Gasteiger partial charge in [0.15, 0.2) is 5.96 Å². The summed E-state index contributed by atoms with van der Waals surface area (Å²) in [5.74, 6) is 0.565. The molecule has 1 atom stereocenters. The van der Waals surface area contributed by atoms with Gasteiger partial charge in [0, 0.05) is 50.7 Å². The second-order valence-electron chi connectivity index (χ2n) is 7.35. The average molecular weight is 559 g/mol. The van der Waals surface area contributed by atoms with E-state index in [-0.39, 0.29) is 36.4 Å². The number of fused-ring (bicyclic) bond motifs is 1. The van der Waals surface area contributed by atoms with E-state index in [1.807, 2.05) is 16.7 Å². The first-order valence-electron chi connectivity index (χ1n) is 9.96. The lowest BCUT2D eigenvalue weighted by molar-refractivity contribution is -0.181. The predicted octanol–water partition coefficient (Wildman–Crippen LogP) is 2.78. The van der Waals surface area contributed by atoms with Crippen LogP contribution in [0.3, 0.4) is 0 Å². The van der Waals surface area contributed by atoms with Crippen molar-refractivity contribution in [1.82, 2.24) is 20.0 Å². The van der Waals surface area contributed by atoms with Crippen molar-refractivity contribution in [1.29, 1.82) is 0 Å². The Labute approximate surface area is 196 Å². The zero-order valence-electron chi connectivity index (χ0n) is 17.2. The molecule has 0 spiro atoms. The molecule has 1 saturated heterocycles. The van der Waals surface area contributed by atoms with Crippen molar-refractivity contribution < 1.29 is 18.0 Å². The number of piperazine rings is 1. The smallest absolute Gasteiger partial charge is 0.357 e. The Morgan fingerprint density at radius 3 is 2.57 bits per heavy atom. The molecule has 3 heterocycles. The van der Waals surface area contributed by atoms with Gasteiger partial charge in [-0.25, -0.2) is 4.99 Å². The molecule has 1 amide bonds. The van der Waals surface area contributed by atoms with Gasteiger partial charge >= 0.3 is 6.18 Å². The fraction of sp³-hybridized carbons (Fsp3) is 0.684. The molecule has 1 fully saturated rings. The van der Waals surface area contributed by atoms with Gasteiger partial charge in [-0.05, 0) is 37.3 Å². The minimum absolute atomic E-state index is 0. The van der Waals surface area contributed by atoms with Crippen LogP contribution in [0.4, 0.5) is 13.2 Å². The van der Waals surface area contributed by atoms with E-state index in [1.165, 1.54) is 22.3 Å². The molecule has 1 aromatic heterocycles. The number of alkyl halides is 3. The Hall–Kier alpha value is -1.08. The number of guanidine groups is 1. The molecule has 2 aliphatic heterocycles. The Morgan fingerprint density at radius 2 is 1.93 bits per heavy atom. The normalized spacial score (nSPS) is 19.2. The molecule has 0 aliphatic carbocycles. The van der Waals surface area contributed by atoms with Gasteiger partial charge in [-0.1, -0.05) is 0 Å². The van der Waals surface area contributed by atoms with Crippen LogP contribution in [-0.4, -0.2) is 84.6 Å². The Kier molecular flexibility index (Phi) is 9.22. The highest BCUT2D eigenvalue weighted by Gasteiger charge is 2.41. The minimum atomic E-state index is -4.22. The maximum absolute atomic E-state index is 12.9. The number of hydrogen-bond donors (Lipinski definition) is 1. The number of hydrogen-bond acceptors (Lipinski definition) is 4. The summed E-state index contributed by atoms with van der Waals surface area (Å²) < 4.78 is 38.8. The zero-order valence-corrected chi connectivity index (χ0v) is 20.4. The topological polar surface area (TPSA) is 51.2 Å². The number of halogens is 4. The van der Waals surface area contributed by atoms with Gasteiger partial charge < -0.3 is 15.1 Å². The molecule has 2 aliphatic rings. The van der Waals surface area contributed by atoms with Crippen LogP contribution in [0.25, 0.3) is 0 Å². The van der Waals surface area contributed by atoms with E-state index < -0.39 is 12.2 Å². The lowest BCUT2D eigenvalue weighted by Crippen LogP contribution is -2.56. The molecule has 1 unspecified atom stereocenters. The van der Waals surface area contributed by atoms with E-state index in [0.717, 1.165) is 6.42 Å². The van der Waals surface area contributed by atoms with Crippen molar-refractivity contribution in [2.45, 2.75) is 39.0 Å². The third-order valence-electron chi connectivity index (χ3n) is 5.49. The lowest BCUT2D eigenvalue weighted by atomic mass is 10.1. The Bertz CT molecular complexity index is 734.